The fourth-order valence-electron chi connectivity index (χ4n) is 2.33. The van der Waals surface area contributed by atoms with E-state index in [0.29, 0.717) is 12.5 Å². The molecule has 4 heteroatoms. The fraction of sp³-hybridized carbons (Fsp3) is 0.611. The lowest BCUT2D eigenvalue weighted by Gasteiger charge is -2.25. The number of carbonyl (C=O) groups excluding carboxylic acids is 1. The molecule has 2 rings (SSSR count). The predicted molar refractivity (Wildman–Crippen MR) is 88.8 cm³/mol. The molecule has 2 unspecified atom stereocenters. The summed E-state index contributed by atoms with van der Waals surface area (Å²) < 4.78 is 5.61. The van der Waals surface area contributed by atoms with E-state index in [-0.39, 0.29) is 18.1 Å². The van der Waals surface area contributed by atoms with Crippen LogP contribution in [0, 0.1) is 5.92 Å². The molecule has 1 aliphatic carbocycles. The Bertz CT molecular complexity index is 457. The monoisotopic (exact) mass is 304 g/mol. The molecular weight excluding hydrogens is 276 g/mol. The topological polar surface area (TPSA) is 41.6 Å². The highest BCUT2D eigenvalue weighted by atomic mass is 16.5. The summed E-state index contributed by atoms with van der Waals surface area (Å²) in [5, 5.41) is 3.02. The lowest BCUT2D eigenvalue weighted by atomic mass is 10.1. The third-order valence-electron chi connectivity index (χ3n) is 4.20. The van der Waals surface area contributed by atoms with Gasteiger partial charge >= 0.3 is 0 Å². The van der Waals surface area contributed by atoms with Crippen LogP contribution in [0.1, 0.15) is 25.3 Å². The van der Waals surface area contributed by atoms with Gasteiger partial charge in [0.15, 0.2) is 0 Å². The molecule has 0 radical (unpaired) electrons. The highest BCUT2D eigenvalue weighted by Gasteiger charge is 2.24. The Kier molecular flexibility index (Phi) is 6.40. The maximum Gasteiger partial charge on any atom is 0.248 e. The molecule has 4 nitrogen and oxygen atoms in total. The van der Waals surface area contributed by atoms with Crippen LogP contribution in [0.3, 0.4) is 0 Å². The highest BCUT2D eigenvalue weighted by Crippen LogP contribution is 2.29. The lowest BCUT2D eigenvalue weighted by Crippen LogP contribution is -2.44. The number of ether oxygens (including phenoxy) is 1. The van der Waals surface area contributed by atoms with Crippen molar-refractivity contribution >= 4 is 5.91 Å². The van der Waals surface area contributed by atoms with Crippen molar-refractivity contribution in [3.05, 3.63) is 35.9 Å². The summed E-state index contributed by atoms with van der Waals surface area (Å²) in [6.45, 7) is 3.19. The lowest BCUT2D eigenvalue weighted by molar-refractivity contribution is -0.132. The molecule has 0 aromatic heterocycles. The normalized spacial score (nSPS) is 17.3. The first-order valence-corrected chi connectivity index (χ1v) is 8.16. The van der Waals surface area contributed by atoms with Gasteiger partial charge in [0.1, 0.15) is 6.10 Å². The Labute approximate surface area is 133 Å². The minimum absolute atomic E-state index is 0.0134. The molecule has 1 aromatic carbocycles. The van der Waals surface area contributed by atoms with Gasteiger partial charge in [-0.2, -0.15) is 0 Å². The van der Waals surface area contributed by atoms with Crippen LogP contribution in [-0.2, 0) is 16.0 Å². The van der Waals surface area contributed by atoms with Gasteiger partial charge in [-0.15, -0.1) is 0 Å². The number of likely N-dealkylation sites (N-methyl/N-ethyl adjacent to an activating group) is 1. The van der Waals surface area contributed by atoms with Crippen molar-refractivity contribution in [1.29, 1.82) is 0 Å². The molecule has 0 saturated heterocycles. The quantitative estimate of drug-likeness (QED) is 0.759. The number of amides is 1. The van der Waals surface area contributed by atoms with Gasteiger partial charge in [0.2, 0.25) is 5.91 Å². The smallest absolute Gasteiger partial charge is 0.248 e. The van der Waals surface area contributed by atoms with E-state index in [1.54, 1.807) is 0 Å². The average molecular weight is 304 g/mol. The molecule has 122 valence electrons. The minimum atomic E-state index is -0.361. The van der Waals surface area contributed by atoms with Crippen LogP contribution < -0.4 is 5.32 Å². The van der Waals surface area contributed by atoms with Crippen molar-refractivity contribution in [2.24, 2.45) is 5.92 Å². The van der Waals surface area contributed by atoms with E-state index in [9.17, 15) is 4.79 Å². The summed E-state index contributed by atoms with van der Waals surface area (Å²) in [5.74, 6) is 0.670. The molecule has 1 N–H and O–H groups in total. The molecular formula is C18H28N2O2. The molecule has 22 heavy (non-hydrogen) atoms. The van der Waals surface area contributed by atoms with E-state index in [0.717, 1.165) is 13.0 Å². The Morgan fingerprint density at radius 3 is 2.59 bits per heavy atom. The Hall–Kier alpha value is -1.39. The number of carbonyl (C=O) groups is 1. The number of hydrogen-bond donors (Lipinski definition) is 1. The first-order chi connectivity index (χ1) is 10.6. The average Bonchev–Trinajstić information content (AvgIpc) is 3.33. The summed E-state index contributed by atoms with van der Waals surface area (Å²) >= 11 is 0. The van der Waals surface area contributed by atoms with Gasteiger partial charge in [-0.25, -0.2) is 0 Å². The Balaban J connectivity index is 1.76. The summed E-state index contributed by atoms with van der Waals surface area (Å²) in [7, 11) is 4.10. The van der Waals surface area contributed by atoms with Crippen molar-refractivity contribution in [1.82, 2.24) is 10.2 Å². The zero-order valence-corrected chi connectivity index (χ0v) is 13.9. The van der Waals surface area contributed by atoms with Crippen LogP contribution >= 0.6 is 0 Å². The molecule has 1 amide bonds. The van der Waals surface area contributed by atoms with Gasteiger partial charge in [0.05, 0.1) is 6.61 Å². The van der Waals surface area contributed by atoms with E-state index >= 15 is 0 Å². The number of hydrogen-bond acceptors (Lipinski definition) is 3. The van der Waals surface area contributed by atoms with E-state index < -0.39 is 0 Å². The number of rotatable bonds is 9. The first kappa shape index (κ1) is 17.0. The molecule has 1 aliphatic rings. The molecule has 1 aromatic rings. The highest BCUT2D eigenvalue weighted by molar-refractivity contribution is 5.80. The number of nitrogens with one attached hydrogen (secondary N) is 1. The second-order valence-corrected chi connectivity index (χ2v) is 6.47. The van der Waals surface area contributed by atoms with Crippen molar-refractivity contribution in [3.8, 4) is 0 Å². The summed E-state index contributed by atoms with van der Waals surface area (Å²) in [6, 6.07) is 10.7. The van der Waals surface area contributed by atoms with E-state index in [1.165, 1.54) is 18.4 Å². The largest absolute Gasteiger partial charge is 0.368 e. The van der Waals surface area contributed by atoms with Crippen molar-refractivity contribution in [2.45, 2.75) is 38.3 Å². The molecule has 1 saturated carbocycles. The molecule has 2 atom stereocenters. The maximum atomic E-state index is 12.1. The predicted octanol–water partition coefficient (Wildman–Crippen LogP) is 2.09. The second kappa shape index (κ2) is 8.30. The zero-order chi connectivity index (χ0) is 15.9. The Morgan fingerprint density at radius 1 is 1.32 bits per heavy atom. The van der Waals surface area contributed by atoms with Gasteiger partial charge in [0.25, 0.3) is 0 Å². The van der Waals surface area contributed by atoms with Crippen LogP contribution in [0.5, 0.6) is 0 Å². The molecule has 0 aliphatic heterocycles. The van der Waals surface area contributed by atoms with Crippen LogP contribution in [0.15, 0.2) is 30.3 Å². The summed E-state index contributed by atoms with van der Waals surface area (Å²) in [4.78, 5) is 14.3. The van der Waals surface area contributed by atoms with Crippen LogP contribution in [0.2, 0.25) is 0 Å². The van der Waals surface area contributed by atoms with Crippen LogP contribution in [0.25, 0.3) is 0 Å². The van der Waals surface area contributed by atoms with Gasteiger partial charge < -0.3 is 15.0 Å². The van der Waals surface area contributed by atoms with E-state index in [4.69, 9.17) is 4.74 Å². The minimum Gasteiger partial charge on any atom is -0.368 e. The zero-order valence-electron chi connectivity index (χ0n) is 13.9. The van der Waals surface area contributed by atoms with Crippen LogP contribution in [-0.4, -0.2) is 50.2 Å². The van der Waals surface area contributed by atoms with Crippen molar-refractivity contribution in [3.63, 3.8) is 0 Å². The van der Waals surface area contributed by atoms with Gasteiger partial charge in [-0.1, -0.05) is 30.3 Å². The van der Waals surface area contributed by atoms with Gasteiger partial charge in [0, 0.05) is 12.6 Å². The Morgan fingerprint density at radius 2 is 2.00 bits per heavy atom. The third-order valence-corrected chi connectivity index (χ3v) is 4.20. The SMILES string of the molecule is CC(OCC1CC1)C(=O)NCC(Cc1ccccc1)N(C)C. The fourth-order valence-corrected chi connectivity index (χ4v) is 2.33. The summed E-state index contributed by atoms with van der Waals surface area (Å²) in [5.41, 5.74) is 1.29. The number of benzene rings is 1. The maximum absolute atomic E-state index is 12.1. The molecule has 0 heterocycles. The molecule has 1 fully saturated rings. The van der Waals surface area contributed by atoms with Gasteiger partial charge in [-0.3, -0.25) is 4.79 Å². The standard InChI is InChI=1S/C18H28N2O2/c1-14(22-13-16-9-10-16)18(21)19-12-17(20(2)3)11-15-7-5-4-6-8-15/h4-8,14,16-17H,9-13H2,1-3H3,(H,19,21). The number of nitrogens with zero attached hydrogens (tertiary/aromatic N) is 1. The van der Waals surface area contributed by atoms with Crippen LogP contribution in [0.4, 0.5) is 0 Å². The molecule has 0 spiro atoms. The van der Waals surface area contributed by atoms with E-state index in [2.05, 4.69) is 34.5 Å². The van der Waals surface area contributed by atoms with Crippen molar-refractivity contribution in [2.75, 3.05) is 27.2 Å². The van der Waals surface area contributed by atoms with E-state index in [1.807, 2.05) is 27.1 Å². The summed E-state index contributed by atoms with van der Waals surface area (Å²) in [6.07, 6.45) is 3.05. The van der Waals surface area contributed by atoms with Gasteiger partial charge in [-0.05, 0) is 51.8 Å². The third kappa shape index (κ3) is 5.78. The van der Waals surface area contributed by atoms with Crippen molar-refractivity contribution < 1.29 is 9.53 Å². The second-order valence-electron chi connectivity index (χ2n) is 6.47. The molecule has 0 bridgehead atoms. The first-order valence-electron chi connectivity index (χ1n) is 8.16.